The molecule has 2 aromatic carbocycles. The third kappa shape index (κ3) is 9.15. The highest BCUT2D eigenvalue weighted by molar-refractivity contribution is 7.80. The molecule has 0 radical (unpaired) electrons. The molecule has 4 nitrogen and oxygen atoms in total. The minimum Gasteiger partial charge on any atom is -0.375 e. The Hall–Kier alpha value is -1.66. The van der Waals surface area contributed by atoms with Crippen LogP contribution in [0.4, 0.5) is 0 Å². The van der Waals surface area contributed by atoms with Crippen LogP contribution in [0.15, 0.2) is 53.6 Å². The topological polar surface area (TPSA) is 62.4 Å². The van der Waals surface area contributed by atoms with Crippen molar-refractivity contribution in [2.45, 2.75) is 6.54 Å². The van der Waals surface area contributed by atoms with E-state index in [-0.39, 0.29) is 5.11 Å². The molecule has 0 saturated carbocycles. The first-order valence-corrected chi connectivity index (χ1v) is 7.91. The highest BCUT2D eigenvalue weighted by Crippen LogP contribution is 2.18. The zero-order chi connectivity index (χ0) is 17.1. The second-order valence-electron chi connectivity index (χ2n) is 4.45. The lowest BCUT2D eigenvalue weighted by molar-refractivity contribution is 0.818. The molecule has 0 unspecified atom stereocenters. The summed E-state index contributed by atoms with van der Waals surface area (Å²) in [6.45, 7) is 0.792. The first kappa shape index (κ1) is 19.4. The second-order valence-corrected chi connectivity index (χ2v) is 5.77. The first-order chi connectivity index (χ1) is 11.0. The molecule has 2 rings (SSSR count). The molecule has 4 N–H and O–H groups in total. The van der Waals surface area contributed by atoms with E-state index < -0.39 is 0 Å². The summed E-state index contributed by atoms with van der Waals surface area (Å²) in [5.41, 5.74) is 9.74. The normalized spacial score (nSPS) is 10.0. The zero-order valence-electron chi connectivity index (χ0n) is 12.6. The molecule has 0 heterocycles. The quantitative estimate of drug-likeness (QED) is 0.438. The minimum atomic E-state index is 0.169. The monoisotopic (exact) mass is 368 g/mol. The molecule has 7 heteroatoms. The van der Waals surface area contributed by atoms with Crippen molar-refractivity contribution in [2.24, 2.45) is 10.8 Å². The number of hydrogen-bond acceptors (Lipinski definition) is 3. The molecule has 0 aliphatic heterocycles. The summed E-state index contributed by atoms with van der Waals surface area (Å²) in [7, 11) is 1.88. The van der Waals surface area contributed by atoms with Gasteiger partial charge in [0.25, 0.3) is 0 Å². The van der Waals surface area contributed by atoms with E-state index in [2.05, 4.69) is 28.1 Å². The van der Waals surface area contributed by atoms with Gasteiger partial charge >= 0.3 is 0 Å². The number of nitrogens with zero attached hydrogens (tertiary/aromatic N) is 1. The molecule has 0 fully saturated rings. The molecule has 23 heavy (non-hydrogen) atoms. The molecule has 0 amide bonds. The number of hydrazone groups is 1. The number of nitrogens with one attached hydrogen (secondary N) is 2. The van der Waals surface area contributed by atoms with Crippen molar-refractivity contribution in [3.05, 3.63) is 69.7 Å². The van der Waals surface area contributed by atoms with E-state index in [1.165, 1.54) is 0 Å². The molecule has 0 bridgehead atoms. The summed E-state index contributed by atoms with van der Waals surface area (Å²) in [5.74, 6) is 0. The molecule has 0 aliphatic rings. The second kappa shape index (κ2) is 11.0. The standard InChI is InChI=1S/C8H9Cl2N.C8H9N3S/c1-11-5-6-2-7(9)4-8(10)3-6;9-8(12)11-10-6-7-4-2-1-3-5-7/h2-4,11H,5H2,1H3;1-6H,(H3,9,11,12)/b;10-6-. The van der Waals surface area contributed by atoms with Gasteiger partial charge in [0.05, 0.1) is 6.21 Å². The lowest BCUT2D eigenvalue weighted by Crippen LogP contribution is -2.23. The molecule has 0 aliphatic carbocycles. The van der Waals surface area contributed by atoms with Gasteiger partial charge in [-0.05, 0) is 48.6 Å². The van der Waals surface area contributed by atoms with Crippen molar-refractivity contribution in [3.63, 3.8) is 0 Å². The van der Waals surface area contributed by atoms with Crippen molar-refractivity contribution in [1.82, 2.24) is 10.7 Å². The van der Waals surface area contributed by atoms with Crippen LogP contribution in [0, 0.1) is 0 Å². The van der Waals surface area contributed by atoms with E-state index >= 15 is 0 Å². The highest BCUT2D eigenvalue weighted by atomic mass is 35.5. The number of hydrogen-bond donors (Lipinski definition) is 3. The Morgan fingerprint density at radius 1 is 1.17 bits per heavy atom. The van der Waals surface area contributed by atoms with Crippen molar-refractivity contribution < 1.29 is 0 Å². The van der Waals surface area contributed by atoms with Crippen LogP contribution in [0.5, 0.6) is 0 Å². The smallest absolute Gasteiger partial charge is 0.184 e. The Morgan fingerprint density at radius 3 is 2.30 bits per heavy atom. The first-order valence-electron chi connectivity index (χ1n) is 6.74. The molecule has 0 aromatic heterocycles. The number of nitrogens with two attached hydrogens (primary N) is 1. The van der Waals surface area contributed by atoms with Crippen LogP contribution in [-0.4, -0.2) is 18.4 Å². The average molecular weight is 369 g/mol. The van der Waals surface area contributed by atoms with E-state index in [1.807, 2.05) is 49.5 Å². The summed E-state index contributed by atoms with van der Waals surface area (Å²) >= 11 is 16.1. The van der Waals surface area contributed by atoms with Gasteiger partial charge < -0.3 is 11.1 Å². The van der Waals surface area contributed by atoms with Crippen LogP contribution in [0.1, 0.15) is 11.1 Å². The Morgan fingerprint density at radius 2 is 1.78 bits per heavy atom. The Kier molecular flexibility index (Phi) is 9.24. The third-order valence-corrected chi connectivity index (χ3v) is 3.02. The lowest BCUT2D eigenvalue weighted by Gasteiger charge is -2.00. The number of thiocarbonyl (C=S) groups is 1. The predicted molar refractivity (Wildman–Crippen MR) is 103 cm³/mol. The van der Waals surface area contributed by atoms with Gasteiger partial charge in [0.1, 0.15) is 0 Å². The van der Waals surface area contributed by atoms with Crippen LogP contribution < -0.4 is 16.5 Å². The fourth-order valence-electron chi connectivity index (χ4n) is 1.63. The van der Waals surface area contributed by atoms with Crippen molar-refractivity contribution in [2.75, 3.05) is 7.05 Å². The molecule has 122 valence electrons. The predicted octanol–water partition coefficient (Wildman–Crippen LogP) is 3.57. The zero-order valence-corrected chi connectivity index (χ0v) is 14.9. The van der Waals surface area contributed by atoms with Crippen molar-refractivity contribution in [1.29, 1.82) is 0 Å². The van der Waals surface area contributed by atoms with Gasteiger partial charge in [-0.25, -0.2) is 0 Å². The van der Waals surface area contributed by atoms with Gasteiger partial charge in [0, 0.05) is 16.6 Å². The van der Waals surface area contributed by atoms with E-state index in [0.29, 0.717) is 10.0 Å². The maximum atomic E-state index is 5.77. The van der Waals surface area contributed by atoms with Crippen LogP contribution in [0.3, 0.4) is 0 Å². The van der Waals surface area contributed by atoms with E-state index in [0.717, 1.165) is 17.7 Å². The fourth-order valence-corrected chi connectivity index (χ4v) is 2.25. The lowest BCUT2D eigenvalue weighted by atomic mass is 10.2. The Bertz CT molecular complexity index is 628. The molecular weight excluding hydrogens is 351 g/mol. The minimum absolute atomic E-state index is 0.169. The molecule has 0 spiro atoms. The summed E-state index contributed by atoms with van der Waals surface area (Å²) in [6, 6.07) is 15.2. The van der Waals surface area contributed by atoms with Crippen LogP contribution in [0.25, 0.3) is 0 Å². The average Bonchev–Trinajstić information content (AvgIpc) is 2.48. The summed E-state index contributed by atoms with van der Waals surface area (Å²) in [5, 5.41) is 8.36. The molecular formula is C16H18Cl2N4S. The Labute approximate surface area is 151 Å². The number of rotatable bonds is 4. The highest BCUT2D eigenvalue weighted by Gasteiger charge is 1.95. The Balaban J connectivity index is 0.000000231. The summed E-state index contributed by atoms with van der Waals surface area (Å²) < 4.78 is 0. The van der Waals surface area contributed by atoms with Crippen molar-refractivity contribution in [3.8, 4) is 0 Å². The number of halogens is 2. The maximum Gasteiger partial charge on any atom is 0.184 e. The van der Waals surface area contributed by atoms with Crippen molar-refractivity contribution >= 4 is 46.7 Å². The SMILES string of the molecule is CNCc1cc(Cl)cc(Cl)c1.NC(=S)N/N=C\c1ccccc1. The van der Waals surface area contributed by atoms with Gasteiger partial charge in [-0.3, -0.25) is 5.43 Å². The van der Waals surface area contributed by atoms with Gasteiger partial charge in [-0.2, -0.15) is 5.10 Å². The maximum absolute atomic E-state index is 5.77. The third-order valence-electron chi connectivity index (χ3n) is 2.49. The van der Waals surface area contributed by atoms with E-state index in [1.54, 1.807) is 12.3 Å². The molecule has 2 aromatic rings. The molecule has 0 saturated heterocycles. The van der Waals surface area contributed by atoms with E-state index in [4.69, 9.17) is 28.9 Å². The fraction of sp³-hybridized carbons (Fsp3) is 0.125. The number of benzene rings is 2. The van der Waals surface area contributed by atoms with Gasteiger partial charge in [-0.15, -0.1) is 0 Å². The van der Waals surface area contributed by atoms with Crippen LogP contribution in [-0.2, 0) is 6.54 Å². The largest absolute Gasteiger partial charge is 0.375 e. The molecule has 0 atom stereocenters. The van der Waals surface area contributed by atoms with E-state index in [9.17, 15) is 0 Å². The summed E-state index contributed by atoms with van der Waals surface area (Å²) in [6.07, 6.45) is 1.65. The van der Waals surface area contributed by atoms with Crippen LogP contribution >= 0.6 is 35.4 Å². The van der Waals surface area contributed by atoms with Crippen LogP contribution in [0.2, 0.25) is 10.0 Å². The van der Waals surface area contributed by atoms with Gasteiger partial charge in [0.15, 0.2) is 5.11 Å². The van der Waals surface area contributed by atoms with Gasteiger partial charge in [0.2, 0.25) is 0 Å². The van der Waals surface area contributed by atoms with Gasteiger partial charge in [-0.1, -0.05) is 53.5 Å². The summed E-state index contributed by atoms with van der Waals surface area (Å²) in [4.78, 5) is 0.